The number of benzene rings is 2. The summed E-state index contributed by atoms with van der Waals surface area (Å²) in [5.74, 6) is 0. The van der Waals surface area contributed by atoms with Crippen LogP contribution in [0.2, 0.25) is 0 Å². The first-order valence-corrected chi connectivity index (χ1v) is 5.79. The van der Waals surface area contributed by atoms with Crippen molar-refractivity contribution in [2.24, 2.45) is 0 Å². The van der Waals surface area contributed by atoms with Crippen molar-refractivity contribution >= 4 is 26.7 Å². The van der Waals surface area contributed by atoms with E-state index in [9.17, 15) is 13.2 Å². The predicted molar refractivity (Wildman–Crippen MR) is 61.6 cm³/mol. The van der Waals surface area contributed by atoms with E-state index in [0.29, 0.717) is 10.7 Å². The van der Waals surface area contributed by atoms with Crippen LogP contribution >= 0.6 is 15.9 Å². The minimum absolute atomic E-state index is 0.605. The molecular weight excluding hydrogens is 281 g/mol. The van der Waals surface area contributed by atoms with E-state index >= 15 is 0 Å². The van der Waals surface area contributed by atoms with Gasteiger partial charge in [0.05, 0.1) is 5.56 Å². The van der Waals surface area contributed by atoms with E-state index < -0.39 is 11.7 Å². The molecule has 16 heavy (non-hydrogen) atoms. The molecule has 4 heteroatoms. The van der Waals surface area contributed by atoms with Gasteiger partial charge in [0.2, 0.25) is 0 Å². The van der Waals surface area contributed by atoms with E-state index in [1.54, 1.807) is 6.07 Å². The minimum atomic E-state index is -4.28. The van der Waals surface area contributed by atoms with Crippen LogP contribution in [0.15, 0.2) is 36.4 Å². The predicted octanol–water partition coefficient (Wildman–Crippen LogP) is 4.75. The molecule has 0 aliphatic heterocycles. The summed E-state index contributed by atoms with van der Waals surface area (Å²) in [6.07, 6.45) is -4.28. The lowest BCUT2D eigenvalue weighted by molar-refractivity contribution is -0.137. The summed E-state index contributed by atoms with van der Waals surface area (Å²) in [6.45, 7) is 0. The van der Waals surface area contributed by atoms with Gasteiger partial charge in [0, 0.05) is 5.33 Å². The topological polar surface area (TPSA) is 0 Å². The smallest absolute Gasteiger partial charge is 0.166 e. The first kappa shape index (κ1) is 11.5. The van der Waals surface area contributed by atoms with Gasteiger partial charge in [-0.1, -0.05) is 40.2 Å². The molecule has 0 aromatic heterocycles. The molecule has 0 bridgehead atoms. The van der Waals surface area contributed by atoms with Crippen LogP contribution in [0.5, 0.6) is 0 Å². The minimum Gasteiger partial charge on any atom is -0.166 e. The Labute approximate surface area is 99.2 Å². The van der Waals surface area contributed by atoms with Gasteiger partial charge >= 0.3 is 6.18 Å². The molecule has 0 fully saturated rings. The van der Waals surface area contributed by atoms with Crippen molar-refractivity contribution in [3.63, 3.8) is 0 Å². The molecule has 0 amide bonds. The van der Waals surface area contributed by atoms with Gasteiger partial charge in [-0.15, -0.1) is 0 Å². The maximum absolute atomic E-state index is 12.5. The summed E-state index contributed by atoms with van der Waals surface area (Å²) < 4.78 is 37.5. The molecule has 0 saturated carbocycles. The Hall–Kier alpha value is -1.03. The number of hydrogen-bond donors (Lipinski definition) is 0. The van der Waals surface area contributed by atoms with Gasteiger partial charge in [-0.2, -0.15) is 13.2 Å². The molecule has 2 aromatic carbocycles. The summed E-state index contributed by atoms with van der Waals surface area (Å²) in [5.41, 5.74) is 0.360. The molecular formula is C12H8BrF3. The molecule has 0 N–H and O–H groups in total. The molecule has 0 saturated heterocycles. The lowest BCUT2D eigenvalue weighted by Gasteiger charge is -2.08. The zero-order valence-electron chi connectivity index (χ0n) is 8.18. The second-order valence-corrected chi connectivity index (χ2v) is 4.09. The fraction of sp³-hybridized carbons (Fsp3) is 0.167. The van der Waals surface area contributed by atoms with Crippen LogP contribution in [0.4, 0.5) is 13.2 Å². The highest BCUT2D eigenvalue weighted by Crippen LogP contribution is 2.31. The maximum atomic E-state index is 12.5. The van der Waals surface area contributed by atoms with Gasteiger partial charge in [0.25, 0.3) is 0 Å². The largest absolute Gasteiger partial charge is 0.416 e. The van der Waals surface area contributed by atoms with Crippen molar-refractivity contribution in [2.45, 2.75) is 11.5 Å². The van der Waals surface area contributed by atoms with Crippen molar-refractivity contribution in [2.75, 3.05) is 0 Å². The summed E-state index contributed by atoms with van der Waals surface area (Å²) in [6, 6.07) is 9.27. The second kappa shape index (κ2) is 4.09. The third kappa shape index (κ3) is 2.21. The third-order valence-electron chi connectivity index (χ3n) is 2.39. The van der Waals surface area contributed by atoms with Gasteiger partial charge in [0.1, 0.15) is 0 Å². The second-order valence-electron chi connectivity index (χ2n) is 3.53. The molecule has 0 nitrogen and oxygen atoms in total. The summed E-state index contributed by atoms with van der Waals surface area (Å²) in [7, 11) is 0. The van der Waals surface area contributed by atoms with Crippen LogP contribution in [-0.4, -0.2) is 0 Å². The zero-order chi connectivity index (χ0) is 11.8. The fourth-order valence-corrected chi connectivity index (χ4v) is 1.90. The van der Waals surface area contributed by atoms with Gasteiger partial charge in [0.15, 0.2) is 0 Å². The van der Waals surface area contributed by atoms with Crippen LogP contribution in [0, 0.1) is 0 Å². The van der Waals surface area contributed by atoms with Gasteiger partial charge in [-0.05, 0) is 28.5 Å². The van der Waals surface area contributed by atoms with Crippen LogP contribution in [0.1, 0.15) is 11.1 Å². The van der Waals surface area contributed by atoms with Crippen LogP contribution < -0.4 is 0 Å². The Morgan fingerprint density at radius 2 is 1.62 bits per heavy atom. The first-order valence-electron chi connectivity index (χ1n) is 4.66. The highest BCUT2D eigenvalue weighted by Gasteiger charge is 2.30. The summed E-state index contributed by atoms with van der Waals surface area (Å²) in [4.78, 5) is 0. The molecule has 0 radical (unpaired) electrons. The molecule has 2 aromatic rings. The molecule has 2 rings (SSSR count). The molecule has 84 valence electrons. The van der Waals surface area contributed by atoms with E-state index in [4.69, 9.17) is 0 Å². The van der Waals surface area contributed by atoms with E-state index in [1.807, 2.05) is 12.1 Å². The van der Waals surface area contributed by atoms with E-state index in [2.05, 4.69) is 15.9 Å². The van der Waals surface area contributed by atoms with Crippen LogP contribution in [-0.2, 0) is 11.5 Å². The normalized spacial score (nSPS) is 12.0. The van der Waals surface area contributed by atoms with Gasteiger partial charge in [-0.25, -0.2) is 0 Å². The van der Waals surface area contributed by atoms with Crippen molar-refractivity contribution in [3.05, 3.63) is 47.5 Å². The molecule has 0 aliphatic rings. The Kier molecular flexibility index (Phi) is 2.93. The number of alkyl halides is 4. The molecule has 0 heterocycles. The molecule has 0 aliphatic carbocycles. The van der Waals surface area contributed by atoms with Crippen molar-refractivity contribution < 1.29 is 13.2 Å². The zero-order valence-corrected chi connectivity index (χ0v) is 9.77. The Morgan fingerprint density at radius 1 is 0.938 bits per heavy atom. The summed E-state index contributed by atoms with van der Waals surface area (Å²) >= 11 is 3.28. The molecule has 0 unspecified atom stereocenters. The lowest BCUT2D eigenvalue weighted by Crippen LogP contribution is -2.04. The highest BCUT2D eigenvalue weighted by molar-refractivity contribution is 9.08. The maximum Gasteiger partial charge on any atom is 0.416 e. The van der Waals surface area contributed by atoms with Crippen molar-refractivity contribution in [1.82, 2.24) is 0 Å². The highest BCUT2D eigenvalue weighted by atomic mass is 79.9. The van der Waals surface area contributed by atoms with E-state index in [-0.39, 0.29) is 0 Å². The average Bonchev–Trinajstić information content (AvgIpc) is 2.26. The first-order chi connectivity index (χ1) is 7.50. The number of hydrogen-bond acceptors (Lipinski definition) is 0. The van der Waals surface area contributed by atoms with Crippen LogP contribution in [0.3, 0.4) is 0 Å². The standard InChI is InChI=1S/C12H8BrF3/c13-7-8-1-2-9-3-4-11(12(14,15)16)6-10(9)5-8/h1-6H,7H2. The van der Waals surface area contributed by atoms with Gasteiger partial charge in [-0.3, -0.25) is 0 Å². The Balaban J connectivity index is 2.59. The Bertz CT molecular complexity index is 517. The van der Waals surface area contributed by atoms with Crippen LogP contribution in [0.25, 0.3) is 10.8 Å². The fourth-order valence-electron chi connectivity index (χ4n) is 1.56. The molecule has 0 atom stereocenters. The average molecular weight is 289 g/mol. The van der Waals surface area contributed by atoms with Crippen molar-refractivity contribution in [3.8, 4) is 0 Å². The number of halogens is 4. The molecule has 0 spiro atoms. The number of rotatable bonds is 1. The lowest BCUT2D eigenvalue weighted by atomic mass is 10.0. The summed E-state index contributed by atoms with van der Waals surface area (Å²) in [5, 5.41) is 2.07. The number of fused-ring (bicyclic) bond motifs is 1. The van der Waals surface area contributed by atoms with Crippen molar-refractivity contribution in [1.29, 1.82) is 0 Å². The van der Waals surface area contributed by atoms with Gasteiger partial charge < -0.3 is 0 Å². The SMILES string of the molecule is FC(F)(F)c1ccc2ccc(CBr)cc2c1. The Morgan fingerprint density at radius 3 is 2.25 bits per heavy atom. The monoisotopic (exact) mass is 288 g/mol. The van der Waals surface area contributed by atoms with E-state index in [0.717, 1.165) is 17.0 Å². The third-order valence-corrected chi connectivity index (χ3v) is 3.03. The van der Waals surface area contributed by atoms with E-state index in [1.165, 1.54) is 12.1 Å². The quantitative estimate of drug-likeness (QED) is 0.664.